The van der Waals surface area contributed by atoms with E-state index in [9.17, 15) is 0 Å². The first-order chi connectivity index (χ1) is 11.7. The molecule has 1 heterocycles. The van der Waals surface area contributed by atoms with Crippen LogP contribution in [0.15, 0.2) is 63.5 Å². The summed E-state index contributed by atoms with van der Waals surface area (Å²) in [5, 5.41) is 9.49. The van der Waals surface area contributed by atoms with Crippen LogP contribution in [0.1, 0.15) is 11.1 Å². The lowest BCUT2D eigenvalue weighted by Crippen LogP contribution is -2.18. The number of rotatable bonds is 1. The number of fused-ring (bicyclic) bond motifs is 3. The summed E-state index contributed by atoms with van der Waals surface area (Å²) in [6.07, 6.45) is 3.79. The molecule has 0 unspecified atom stereocenters. The fraction of sp³-hybridized carbons (Fsp3) is 0. The number of pyridine rings is 1. The fourth-order valence-electron chi connectivity index (χ4n) is 2.94. The zero-order chi connectivity index (χ0) is 16.7. The first kappa shape index (κ1) is 15.3. The van der Waals surface area contributed by atoms with Gasteiger partial charge in [0.05, 0.1) is 22.6 Å². The highest BCUT2D eigenvalue weighted by atomic mass is 79.9. The molecule has 0 amide bonds. The number of hydrogen-bond donors (Lipinski definition) is 2. The third-order valence-corrected chi connectivity index (χ3v) is 4.81. The van der Waals surface area contributed by atoms with E-state index in [1.165, 1.54) is 0 Å². The third-order valence-electron chi connectivity index (χ3n) is 4.07. The molecule has 0 atom stereocenters. The Bertz CT molecular complexity index is 1040. The van der Waals surface area contributed by atoms with Crippen molar-refractivity contribution in [3.63, 3.8) is 0 Å². The van der Waals surface area contributed by atoms with Crippen LogP contribution in [-0.2, 0) is 0 Å². The Kier molecular flexibility index (Phi) is 3.82. The van der Waals surface area contributed by atoms with Gasteiger partial charge in [0.1, 0.15) is 0 Å². The summed E-state index contributed by atoms with van der Waals surface area (Å²) < 4.78 is 4.94. The Labute approximate surface area is 153 Å². The first-order valence-electron chi connectivity index (χ1n) is 7.37. The molecule has 1 aliphatic rings. The maximum atomic E-state index is 8.54. The Morgan fingerprint density at radius 1 is 1.00 bits per heavy atom. The molecule has 2 aromatic carbocycles. The highest BCUT2D eigenvalue weighted by Crippen LogP contribution is 2.34. The molecule has 116 valence electrons. The minimum Gasteiger partial charge on any atom is -0.298 e. The van der Waals surface area contributed by atoms with E-state index < -0.39 is 0 Å². The van der Waals surface area contributed by atoms with Crippen molar-refractivity contribution in [1.29, 1.82) is 5.41 Å². The van der Waals surface area contributed by atoms with E-state index in [4.69, 9.17) is 10.4 Å². The van der Waals surface area contributed by atoms with E-state index >= 15 is 0 Å². The summed E-state index contributed by atoms with van der Waals surface area (Å²) in [5.41, 5.74) is 5.49. The highest BCUT2D eigenvalue weighted by molar-refractivity contribution is 9.10. The summed E-state index contributed by atoms with van der Waals surface area (Å²) >= 11 is 7.46. The maximum absolute atomic E-state index is 8.54. The molecule has 3 nitrogen and oxygen atoms in total. The number of allylic oxidation sites excluding steroid dienone is 1. The smallest absolute Gasteiger partial charge is 0.0966 e. The molecule has 4 rings (SSSR count). The van der Waals surface area contributed by atoms with Gasteiger partial charge in [-0.05, 0) is 43.2 Å². The molecule has 0 bridgehead atoms. The van der Waals surface area contributed by atoms with Gasteiger partial charge in [-0.2, -0.15) is 0 Å². The average molecular weight is 394 g/mol. The molecule has 1 N–H and O–H groups in total. The molecule has 24 heavy (non-hydrogen) atoms. The van der Waals surface area contributed by atoms with E-state index in [2.05, 4.69) is 33.1 Å². The molecular weight excluding hydrogens is 382 g/mol. The summed E-state index contributed by atoms with van der Waals surface area (Å²) in [6, 6.07) is 15.9. The van der Waals surface area contributed by atoms with Crippen LogP contribution >= 0.6 is 28.7 Å². The van der Waals surface area contributed by atoms with Crippen molar-refractivity contribution in [3.05, 3.63) is 70.2 Å². The topological polar surface area (TPSA) is 49.1 Å². The predicted molar refractivity (Wildman–Crippen MR) is 107 cm³/mol. The molecular formula is C19H12BrN3S. The second-order valence-electron chi connectivity index (χ2n) is 5.47. The van der Waals surface area contributed by atoms with Gasteiger partial charge in [0.2, 0.25) is 0 Å². The highest BCUT2D eigenvalue weighted by Gasteiger charge is 2.23. The second-order valence-corrected chi connectivity index (χ2v) is 6.58. The minimum absolute atomic E-state index is 0.375. The van der Waals surface area contributed by atoms with E-state index in [0.29, 0.717) is 11.4 Å². The molecule has 0 spiro atoms. The fourth-order valence-corrected chi connectivity index (χ4v) is 3.37. The number of aromatic nitrogens is 1. The molecule has 5 heteroatoms. The van der Waals surface area contributed by atoms with E-state index in [1.807, 2.05) is 60.7 Å². The lowest BCUT2D eigenvalue weighted by atomic mass is 9.88. The standard InChI is InChI=1S/C19H12BrN3S/c20-12-7-5-11(6-8-12)19-14-9-10-16(23-24)18(21)17(14)13-3-1-2-4-15(13)22-19/h1-10,21,24H/b21-18?,23-16-. The van der Waals surface area contributed by atoms with Crippen LogP contribution in [0.3, 0.4) is 0 Å². The largest absolute Gasteiger partial charge is 0.298 e. The number of benzene rings is 2. The van der Waals surface area contributed by atoms with E-state index in [0.717, 1.165) is 37.8 Å². The van der Waals surface area contributed by atoms with Gasteiger partial charge in [0.25, 0.3) is 0 Å². The van der Waals surface area contributed by atoms with Gasteiger partial charge in [0, 0.05) is 26.5 Å². The van der Waals surface area contributed by atoms with Gasteiger partial charge in [0.15, 0.2) is 0 Å². The molecule has 1 aliphatic carbocycles. The van der Waals surface area contributed by atoms with Crippen LogP contribution in [0.4, 0.5) is 0 Å². The number of nitrogens with one attached hydrogen (secondary N) is 1. The normalized spacial score (nSPS) is 15.1. The summed E-state index contributed by atoms with van der Waals surface area (Å²) in [7, 11) is 0. The molecule has 0 saturated heterocycles. The van der Waals surface area contributed by atoms with Gasteiger partial charge < -0.3 is 0 Å². The number of halogens is 1. The lowest BCUT2D eigenvalue weighted by molar-refractivity contribution is 1.37. The average Bonchev–Trinajstić information content (AvgIpc) is 2.62. The van der Waals surface area contributed by atoms with Crippen molar-refractivity contribution in [1.82, 2.24) is 4.98 Å². The number of thiol groups is 1. The Morgan fingerprint density at radius 3 is 2.50 bits per heavy atom. The van der Waals surface area contributed by atoms with Crippen LogP contribution in [0.5, 0.6) is 0 Å². The van der Waals surface area contributed by atoms with Crippen LogP contribution < -0.4 is 0 Å². The van der Waals surface area contributed by atoms with Gasteiger partial charge in [-0.25, -0.2) is 9.38 Å². The van der Waals surface area contributed by atoms with E-state index in [1.54, 1.807) is 0 Å². The van der Waals surface area contributed by atoms with Crippen LogP contribution in [0.25, 0.3) is 28.2 Å². The SMILES string of the molecule is N=C1/C(=N\S)C=Cc2c(-c3ccc(Br)cc3)nc3ccccc3c21. The van der Waals surface area contributed by atoms with Gasteiger partial charge >= 0.3 is 0 Å². The van der Waals surface area contributed by atoms with Gasteiger partial charge in [-0.1, -0.05) is 46.3 Å². The number of hydrogen-bond acceptors (Lipinski definition) is 4. The van der Waals surface area contributed by atoms with Crippen LogP contribution in [-0.4, -0.2) is 16.4 Å². The van der Waals surface area contributed by atoms with E-state index in [-0.39, 0.29) is 0 Å². The third kappa shape index (κ3) is 2.41. The molecule has 0 saturated carbocycles. The predicted octanol–water partition coefficient (Wildman–Crippen LogP) is 5.34. The lowest BCUT2D eigenvalue weighted by Gasteiger charge is -2.19. The number of para-hydroxylation sites is 1. The summed E-state index contributed by atoms with van der Waals surface area (Å²) in [4.78, 5) is 4.85. The van der Waals surface area contributed by atoms with Crippen LogP contribution in [0, 0.1) is 5.41 Å². The molecule has 0 radical (unpaired) electrons. The Balaban J connectivity index is 2.10. The Morgan fingerprint density at radius 2 is 1.75 bits per heavy atom. The van der Waals surface area contributed by atoms with Crippen molar-refractivity contribution < 1.29 is 0 Å². The maximum Gasteiger partial charge on any atom is 0.0966 e. The van der Waals surface area contributed by atoms with Gasteiger partial charge in [-0.15, -0.1) is 0 Å². The molecule has 3 aromatic rings. The number of nitrogens with zero attached hydrogens (tertiary/aromatic N) is 2. The second kappa shape index (κ2) is 6.00. The summed E-state index contributed by atoms with van der Waals surface area (Å²) in [5.74, 6) is 0. The van der Waals surface area contributed by atoms with Crippen molar-refractivity contribution >= 4 is 57.1 Å². The monoisotopic (exact) mass is 393 g/mol. The molecule has 0 aliphatic heterocycles. The quantitative estimate of drug-likeness (QED) is 0.538. The van der Waals surface area contributed by atoms with Crippen molar-refractivity contribution in [3.8, 4) is 11.3 Å². The van der Waals surface area contributed by atoms with Crippen molar-refractivity contribution in [2.24, 2.45) is 4.40 Å². The van der Waals surface area contributed by atoms with Crippen molar-refractivity contribution in [2.75, 3.05) is 0 Å². The van der Waals surface area contributed by atoms with Gasteiger partial charge in [-0.3, -0.25) is 5.41 Å². The zero-order valence-corrected chi connectivity index (χ0v) is 15.0. The van der Waals surface area contributed by atoms with Crippen LogP contribution in [0.2, 0.25) is 0 Å². The first-order valence-corrected chi connectivity index (χ1v) is 8.56. The molecule has 0 fully saturated rings. The summed E-state index contributed by atoms with van der Waals surface area (Å²) in [6.45, 7) is 0. The minimum atomic E-state index is 0.375. The molecule has 1 aromatic heterocycles. The van der Waals surface area contributed by atoms with Crippen molar-refractivity contribution in [2.45, 2.75) is 0 Å². The Hall–Kier alpha value is -2.24. The zero-order valence-electron chi connectivity index (χ0n) is 12.5.